The summed E-state index contributed by atoms with van der Waals surface area (Å²) in [5.74, 6) is -2.73. The molecule has 0 saturated carbocycles. The van der Waals surface area contributed by atoms with Gasteiger partial charge in [0.05, 0.1) is 4.88 Å². The number of thiophene rings is 1. The van der Waals surface area contributed by atoms with Gasteiger partial charge < -0.3 is 30.9 Å². The van der Waals surface area contributed by atoms with E-state index in [1.54, 1.807) is 18.2 Å². The highest BCUT2D eigenvalue weighted by Gasteiger charge is 2.30. The summed E-state index contributed by atoms with van der Waals surface area (Å²) in [6.45, 7) is 2.91. The zero-order valence-corrected chi connectivity index (χ0v) is 22.2. The van der Waals surface area contributed by atoms with Crippen molar-refractivity contribution < 1.29 is 29.3 Å². The zero-order chi connectivity index (χ0) is 27.2. The summed E-state index contributed by atoms with van der Waals surface area (Å²) in [4.78, 5) is 36.4. The first kappa shape index (κ1) is 27.4. The van der Waals surface area contributed by atoms with Crippen LogP contribution in [0.1, 0.15) is 28.1 Å². The molecule has 38 heavy (non-hydrogen) atoms. The Morgan fingerprint density at radius 3 is 2.47 bits per heavy atom. The molecule has 1 saturated heterocycles. The summed E-state index contributed by atoms with van der Waals surface area (Å²) >= 11 is 7.36. The van der Waals surface area contributed by atoms with Gasteiger partial charge in [-0.1, -0.05) is 41.4 Å². The number of anilines is 2. The number of carbonyl (C=O) groups is 3. The fourth-order valence-electron chi connectivity index (χ4n) is 4.35. The van der Waals surface area contributed by atoms with Gasteiger partial charge in [0.25, 0.3) is 0 Å². The van der Waals surface area contributed by atoms with Crippen molar-refractivity contribution in [2.24, 2.45) is 5.92 Å². The molecule has 4 rings (SSSR count). The van der Waals surface area contributed by atoms with Gasteiger partial charge in [0.15, 0.2) is 17.2 Å². The summed E-state index contributed by atoms with van der Waals surface area (Å²) in [7, 11) is 0. The lowest BCUT2D eigenvalue weighted by Crippen LogP contribution is -2.45. The Morgan fingerprint density at radius 1 is 1.11 bits per heavy atom. The van der Waals surface area contributed by atoms with Crippen molar-refractivity contribution in [3.05, 3.63) is 64.0 Å². The van der Waals surface area contributed by atoms with Crippen LogP contribution in [0.4, 0.5) is 11.4 Å². The summed E-state index contributed by atoms with van der Waals surface area (Å²) in [5, 5.41) is 28.3. The summed E-state index contributed by atoms with van der Waals surface area (Å²) in [6, 6.07) is 14.3. The van der Waals surface area contributed by atoms with Gasteiger partial charge >= 0.3 is 11.9 Å². The van der Waals surface area contributed by atoms with Crippen molar-refractivity contribution in [3.8, 4) is 16.2 Å². The van der Waals surface area contributed by atoms with Crippen LogP contribution in [0.5, 0.6) is 5.75 Å². The molecule has 0 bridgehead atoms. The van der Waals surface area contributed by atoms with Gasteiger partial charge in [0, 0.05) is 11.4 Å². The molecular weight excluding hydrogens is 530 g/mol. The lowest BCUT2D eigenvalue weighted by molar-refractivity contribution is -0.139. The van der Waals surface area contributed by atoms with Crippen molar-refractivity contribution in [2.45, 2.75) is 25.8 Å². The third kappa shape index (κ3) is 6.63. The molecule has 1 atom stereocenters. The monoisotopic (exact) mass is 557 g/mol. The lowest BCUT2D eigenvalue weighted by atomic mass is 9.89. The van der Waals surface area contributed by atoms with Crippen LogP contribution >= 0.6 is 22.9 Å². The van der Waals surface area contributed by atoms with Crippen LogP contribution in [0.2, 0.25) is 5.02 Å². The minimum Gasteiger partial charge on any atom is -0.479 e. The largest absolute Gasteiger partial charge is 0.479 e. The van der Waals surface area contributed by atoms with Crippen LogP contribution in [-0.2, 0) is 9.59 Å². The van der Waals surface area contributed by atoms with E-state index in [9.17, 15) is 19.5 Å². The Kier molecular flexibility index (Phi) is 8.88. The number of amides is 1. The third-order valence-electron chi connectivity index (χ3n) is 6.25. The number of benzene rings is 2. The number of aromatic carboxylic acids is 1. The Hall–Kier alpha value is -3.60. The fourth-order valence-corrected chi connectivity index (χ4v) is 5.75. The van der Waals surface area contributed by atoms with Crippen LogP contribution in [0, 0.1) is 12.8 Å². The molecule has 1 aliphatic heterocycles. The van der Waals surface area contributed by atoms with Crippen LogP contribution in [0.15, 0.2) is 48.5 Å². The van der Waals surface area contributed by atoms with E-state index in [0.29, 0.717) is 16.1 Å². The molecule has 0 aliphatic carbocycles. The average Bonchev–Trinajstić information content (AvgIpc) is 3.24. The second kappa shape index (κ2) is 12.3. The number of carboxylic acid groups (broad SMARTS) is 2. The molecule has 2 aromatic carbocycles. The number of hydrogen-bond donors (Lipinski definition) is 5. The first-order chi connectivity index (χ1) is 18.2. The van der Waals surface area contributed by atoms with Crippen molar-refractivity contribution in [3.63, 3.8) is 0 Å². The highest BCUT2D eigenvalue weighted by atomic mass is 35.5. The molecule has 2 heterocycles. The molecule has 9 nitrogen and oxygen atoms in total. The van der Waals surface area contributed by atoms with Gasteiger partial charge in [-0.05, 0) is 68.6 Å². The Labute approximate surface area is 228 Å². The maximum Gasteiger partial charge on any atom is 0.349 e. The molecule has 11 heteroatoms. The Balaban J connectivity index is 1.61. The molecule has 1 unspecified atom stereocenters. The first-order valence-corrected chi connectivity index (χ1v) is 13.3. The zero-order valence-electron chi connectivity index (χ0n) is 20.6. The number of aryl methyl sites for hydroxylation is 1. The van der Waals surface area contributed by atoms with E-state index in [2.05, 4.69) is 16.0 Å². The predicted molar refractivity (Wildman–Crippen MR) is 148 cm³/mol. The quantitative estimate of drug-likeness (QED) is 0.236. The molecular formula is C27H28ClN3O6S. The van der Waals surface area contributed by atoms with Crippen molar-refractivity contribution in [2.75, 3.05) is 30.3 Å². The van der Waals surface area contributed by atoms with Gasteiger partial charge in [0.1, 0.15) is 11.1 Å². The molecule has 5 N–H and O–H groups in total. The van der Waals surface area contributed by atoms with Gasteiger partial charge in [-0.2, -0.15) is 0 Å². The van der Waals surface area contributed by atoms with E-state index < -0.39 is 24.6 Å². The number of aliphatic carboxylic acids is 1. The molecule has 1 aromatic heterocycles. The Bertz CT molecular complexity index is 1320. The molecule has 0 spiro atoms. The first-order valence-electron chi connectivity index (χ1n) is 12.1. The summed E-state index contributed by atoms with van der Waals surface area (Å²) in [5.41, 5.74) is 3.10. The number of piperidine rings is 1. The van der Waals surface area contributed by atoms with Gasteiger partial charge in [0.2, 0.25) is 5.91 Å². The van der Waals surface area contributed by atoms with E-state index in [0.717, 1.165) is 48.5 Å². The average molecular weight is 558 g/mol. The van der Waals surface area contributed by atoms with Crippen molar-refractivity contribution in [1.82, 2.24) is 5.32 Å². The van der Waals surface area contributed by atoms with Gasteiger partial charge in [-0.15, -0.1) is 11.3 Å². The number of rotatable bonds is 10. The van der Waals surface area contributed by atoms with Crippen LogP contribution < -0.4 is 20.7 Å². The highest BCUT2D eigenvalue weighted by molar-refractivity contribution is 7.18. The molecule has 1 aliphatic rings. The predicted octanol–water partition coefficient (Wildman–Crippen LogP) is 4.96. The number of hydrogen-bond acceptors (Lipinski definition) is 7. The van der Waals surface area contributed by atoms with Crippen LogP contribution in [0.3, 0.4) is 0 Å². The number of nitrogens with one attached hydrogen (secondary N) is 3. The molecule has 200 valence electrons. The van der Waals surface area contributed by atoms with E-state index in [-0.39, 0.29) is 27.5 Å². The van der Waals surface area contributed by atoms with Gasteiger partial charge in [-0.25, -0.2) is 9.59 Å². The fraction of sp³-hybridized carbons (Fsp3) is 0.296. The molecule has 1 fully saturated rings. The van der Waals surface area contributed by atoms with Crippen LogP contribution in [0.25, 0.3) is 10.4 Å². The van der Waals surface area contributed by atoms with Crippen LogP contribution in [-0.4, -0.2) is 53.8 Å². The summed E-state index contributed by atoms with van der Waals surface area (Å²) < 4.78 is 5.19. The van der Waals surface area contributed by atoms with E-state index >= 15 is 0 Å². The number of ether oxygens (including phenoxy) is 1. The standard InChI is InChI=1S/C27H28ClN3O6S/c1-15-5-7-18(8-6-15)31-26(34)22(16-9-11-29-12-10-16)30-19-4-2-3-17(13-19)24-21(28)23(37-14-20(32)33)25(38-24)27(35)36/h2-8,13,16,22,29-30H,9-12,14H2,1H3,(H,31,34)(H,32,33)(H,35,36). The minimum absolute atomic E-state index is 0.0258. The minimum atomic E-state index is -1.27. The SMILES string of the molecule is Cc1ccc(NC(=O)C(Nc2cccc(-c3sc(C(=O)O)c(OCC(=O)O)c3Cl)c2)C2CCNCC2)cc1. The van der Waals surface area contributed by atoms with Crippen molar-refractivity contribution in [1.29, 1.82) is 0 Å². The topological polar surface area (TPSA) is 137 Å². The summed E-state index contributed by atoms with van der Waals surface area (Å²) in [6.07, 6.45) is 1.67. The van der Waals surface area contributed by atoms with Gasteiger partial charge in [-0.3, -0.25) is 4.79 Å². The van der Waals surface area contributed by atoms with E-state index in [1.807, 2.05) is 37.3 Å². The van der Waals surface area contributed by atoms with Crippen molar-refractivity contribution >= 4 is 52.2 Å². The maximum atomic E-state index is 13.4. The highest BCUT2D eigenvalue weighted by Crippen LogP contribution is 2.46. The smallest absolute Gasteiger partial charge is 0.349 e. The van der Waals surface area contributed by atoms with E-state index in [4.69, 9.17) is 21.4 Å². The van der Waals surface area contributed by atoms with E-state index in [1.165, 1.54) is 0 Å². The lowest BCUT2D eigenvalue weighted by Gasteiger charge is -2.31. The molecule has 0 radical (unpaired) electrons. The second-order valence-electron chi connectivity index (χ2n) is 9.04. The number of carbonyl (C=O) groups excluding carboxylic acids is 1. The normalized spacial score (nSPS) is 14.5. The second-order valence-corrected chi connectivity index (χ2v) is 10.4. The molecule has 3 aromatic rings. The molecule has 1 amide bonds. The number of halogens is 1. The maximum absolute atomic E-state index is 13.4. The number of carboxylic acids is 2. The third-order valence-corrected chi connectivity index (χ3v) is 7.93. The Morgan fingerprint density at radius 2 is 1.82 bits per heavy atom.